The number of amides is 2. The second-order valence-corrected chi connectivity index (χ2v) is 12.3. The SMILES string of the molecule is CCCC(=O)c1ccc2c(c1)C1CCC2N1CC[C@H]1CC[C@H](NC(=O)N[C@H](C)c2cccc3ccccc23)CC1. The maximum atomic E-state index is 12.9. The van der Waals surface area contributed by atoms with Gasteiger partial charge in [-0.3, -0.25) is 9.69 Å². The van der Waals surface area contributed by atoms with E-state index in [1.54, 1.807) is 0 Å². The molecule has 210 valence electrons. The lowest BCUT2D eigenvalue weighted by Gasteiger charge is -2.31. The molecular weight excluding hydrogens is 494 g/mol. The Kier molecular flexibility index (Phi) is 7.93. The van der Waals surface area contributed by atoms with Gasteiger partial charge >= 0.3 is 6.03 Å². The Morgan fingerprint density at radius 1 is 0.900 bits per heavy atom. The van der Waals surface area contributed by atoms with E-state index in [0.717, 1.165) is 42.9 Å². The molecule has 1 aliphatic carbocycles. The third-order valence-corrected chi connectivity index (χ3v) is 9.73. The number of hydrogen-bond acceptors (Lipinski definition) is 3. The predicted octanol–water partition coefficient (Wildman–Crippen LogP) is 8.02. The fraction of sp³-hybridized carbons (Fsp3) is 0.486. The molecular formula is C35H43N3O2. The number of urea groups is 1. The zero-order valence-electron chi connectivity index (χ0n) is 24.0. The minimum Gasteiger partial charge on any atom is -0.335 e. The zero-order valence-corrected chi connectivity index (χ0v) is 24.0. The van der Waals surface area contributed by atoms with Crippen molar-refractivity contribution in [1.29, 1.82) is 0 Å². The highest BCUT2D eigenvalue weighted by molar-refractivity contribution is 5.96. The molecule has 3 atom stereocenters. The van der Waals surface area contributed by atoms with Crippen molar-refractivity contribution in [3.8, 4) is 0 Å². The average Bonchev–Trinajstić information content (AvgIpc) is 3.52. The summed E-state index contributed by atoms with van der Waals surface area (Å²) in [5.41, 5.74) is 4.92. The molecule has 2 heterocycles. The van der Waals surface area contributed by atoms with Gasteiger partial charge in [-0.25, -0.2) is 4.79 Å². The fourth-order valence-corrected chi connectivity index (χ4v) is 7.61. The maximum absolute atomic E-state index is 12.9. The van der Waals surface area contributed by atoms with Crippen molar-refractivity contribution in [2.75, 3.05) is 6.54 Å². The van der Waals surface area contributed by atoms with Crippen LogP contribution < -0.4 is 10.6 Å². The lowest BCUT2D eigenvalue weighted by atomic mass is 9.84. The van der Waals surface area contributed by atoms with Crippen LogP contribution in [-0.2, 0) is 0 Å². The molecule has 0 spiro atoms. The van der Waals surface area contributed by atoms with E-state index in [1.165, 1.54) is 54.0 Å². The molecule has 3 aliphatic rings. The Morgan fingerprint density at radius 3 is 2.45 bits per heavy atom. The molecule has 5 heteroatoms. The van der Waals surface area contributed by atoms with Crippen molar-refractivity contribution in [1.82, 2.24) is 15.5 Å². The largest absolute Gasteiger partial charge is 0.335 e. The van der Waals surface area contributed by atoms with Gasteiger partial charge in [-0.15, -0.1) is 0 Å². The van der Waals surface area contributed by atoms with E-state index in [-0.39, 0.29) is 23.9 Å². The second-order valence-electron chi connectivity index (χ2n) is 12.3. The Morgan fingerprint density at radius 2 is 1.65 bits per heavy atom. The Labute approximate surface area is 238 Å². The van der Waals surface area contributed by atoms with Crippen LogP contribution in [0.2, 0.25) is 0 Å². The van der Waals surface area contributed by atoms with Gasteiger partial charge in [-0.05, 0) is 104 Å². The van der Waals surface area contributed by atoms with Crippen LogP contribution in [0.25, 0.3) is 10.8 Å². The molecule has 3 aromatic carbocycles. The van der Waals surface area contributed by atoms with E-state index in [9.17, 15) is 9.59 Å². The smallest absolute Gasteiger partial charge is 0.315 e. The number of nitrogens with zero attached hydrogens (tertiary/aromatic N) is 1. The van der Waals surface area contributed by atoms with E-state index in [1.807, 2.05) is 0 Å². The van der Waals surface area contributed by atoms with Gasteiger partial charge in [0.05, 0.1) is 6.04 Å². The molecule has 5 nitrogen and oxygen atoms in total. The van der Waals surface area contributed by atoms with Crippen molar-refractivity contribution in [3.63, 3.8) is 0 Å². The topological polar surface area (TPSA) is 61.4 Å². The highest BCUT2D eigenvalue weighted by atomic mass is 16.2. The van der Waals surface area contributed by atoms with Gasteiger partial charge in [0.25, 0.3) is 0 Å². The Bertz CT molecular complexity index is 1370. The summed E-state index contributed by atoms with van der Waals surface area (Å²) in [6.45, 7) is 5.27. The van der Waals surface area contributed by atoms with Crippen LogP contribution in [0.5, 0.6) is 0 Å². The molecule has 1 saturated carbocycles. The van der Waals surface area contributed by atoms with Crippen LogP contribution in [0.1, 0.15) is 117 Å². The fourth-order valence-electron chi connectivity index (χ4n) is 7.61. The number of nitrogens with one attached hydrogen (secondary N) is 2. The molecule has 1 saturated heterocycles. The van der Waals surface area contributed by atoms with Gasteiger partial charge in [-0.1, -0.05) is 61.5 Å². The van der Waals surface area contributed by atoms with Gasteiger partial charge in [0.15, 0.2) is 5.78 Å². The van der Waals surface area contributed by atoms with Gasteiger partial charge in [-0.2, -0.15) is 0 Å². The number of Topliss-reactive ketones (excluding diaryl/α,β-unsaturated/α-hetero) is 1. The summed E-state index contributed by atoms with van der Waals surface area (Å²) in [6.07, 6.45) is 9.67. The Balaban J connectivity index is 0.969. The second kappa shape index (κ2) is 11.7. The minimum absolute atomic E-state index is 0.0526. The van der Waals surface area contributed by atoms with Crippen molar-refractivity contribution in [2.24, 2.45) is 5.92 Å². The van der Waals surface area contributed by atoms with Crippen molar-refractivity contribution < 1.29 is 9.59 Å². The molecule has 2 amide bonds. The minimum atomic E-state index is -0.0629. The van der Waals surface area contributed by atoms with Gasteiger partial charge < -0.3 is 10.6 Å². The highest BCUT2D eigenvalue weighted by Gasteiger charge is 2.43. The van der Waals surface area contributed by atoms with Crippen molar-refractivity contribution >= 4 is 22.6 Å². The average molecular weight is 538 g/mol. The number of hydrogen-bond donors (Lipinski definition) is 2. The van der Waals surface area contributed by atoms with Crippen LogP contribution in [0.15, 0.2) is 60.7 Å². The molecule has 40 heavy (non-hydrogen) atoms. The predicted molar refractivity (Wildman–Crippen MR) is 161 cm³/mol. The lowest BCUT2D eigenvalue weighted by molar-refractivity contribution is 0.0981. The lowest BCUT2D eigenvalue weighted by Crippen LogP contribution is -2.44. The molecule has 0 aromatic heterocycles. The molecule has 3 aromatic rings. The van der Waals surface area contributed by atoms with Crippen LogP contribution in [0.4, 0.5) is 4.79 Å². The number of fused-ring (bicyclic) bond motifs is 6. The van der Waals surface area contributed by atoms with E-state index >= 15 is 0 Å². The van der Waals surface area contributed by atoms with E-state index in [4.69, 9.17) is 0 Å². The molecule has 0 radical (unpaired) electrons. The summed E-state index contributed by atoms with van der Waals surface area (Å²) in [4.78, 5) is 28.0. The number of benzene rings is 3. The van der Waals surface area contributed by atoms with E-state index < -0.39 is 0 Å². The molecule has 2 unspecified atom stereocenters. The van der Waals surface area contributed by atoms with Crippen molar-refractivity contribution in [2.45, 2.75) is 95.8 Å². The van der Waals surface area contributed by atoms with E-state index in [2.05, 4.69) is 90.0 Å². The molecule has 2 bridgehead atoms. The first-order chi connectivity index (χ1) is 19.5. The van der Waals surface area contributed by atoms with Gasteiger partial charge in [0, 0.05) is 30.1 Å². The number of rotatable bonds is 9. The first-order valence-corrected chi connectivity index (χ1v) is 15.5. The Hall–Kier alpha value is -3.18. The number of ketones is 1. The quantitative estimate of drug-likeness (QED) is 0.272. The van der Waals surface area contributed by atoms with Crippen LogP contribution >= 0.6 is 0 Å². The summed E-state index contributed by atoms with van der Waals surface area (Å²) < 4.78 is 0. The first kappa shape index (κ1) is 27.0. The van der Waals surface area contributed by atoms with Crippen LogP contribution in [-0.4, -0.2) is 29.3 Å². The zero-order chi connectivity index (χ0) is 27.6. The van der Waals surface area contributed by atoms with Gasteiger partial charge in [0.2, 0.25) is 0 Å². The monoisotopic (exact) mass is 537 g/mol. The number of carbonyl (C=O) groups excluding carboxylic acids is 2. The highest BCUT2D eigenvalue weighted by Crippen LogP contribution is 2.53. The van der Waals surface area contributed by atoms with Crippen LogP contribution in [0, 0.1) is 5.92 Å². The molecule has 2 aliphatic heterocycles. The summed E-state index contributed by atoms with van der Waals surface area (Å²) in [5.74, 6) is 1.00. The molecule has 2 fully saturated rings. The summed E-state index contributed by atoms with van der Waals surface area (Å²) >= 11 is 0. The normalized spacial score (nSPS) is 24.6. The summed E-state index contributed by atoms with van der Waals surface area (Å²) in [5, 5.41) is 8.82. The standard InChI is InChI=1S/C35H43N3O2/c1-3-7-34(39)26-14-17-30-31(22-26)33-19-18-32(30)38(33)21-20-24-12-15-27(16-13-24)37-35(40)36-23(2)28-11-6-9-25-8-4-5-10-29(25)28/h4-6,8-11,14,17,22-24,27,32-33H,3,7,12-13,15-16,18-21H2,1-2H3,(H2,36,37,40)/t23-,24-,27-,32?,33?/m1/s1. The molecule has 6 rings (SSSR count). The van der Waals surface area contributed by atoms with Gasteiger partial charge in [0.1, 0.15) is 0 Å². The van der Waals surface area contributed by atoms with Crippen LogP contribution in [0.3, 0.4) is 0 Å². The van der Waals surface area contributed by atoms with E-state index in [0.29, 0.717) is 18.5 Å². The number of carbonyl (C=O) groups is 2. The summed E-state index contributed by atoms with van der Waals surface area (Å²) in [6, 6.07) is 22.3. The first-order valence-electron chi connectivity index (χ1n) is 15.5. The third kappa shape index (κ3) is 5.41. The van der Waals surface area contributed by atoms with Crippen molar-refractivity contribution in [3.05, 3.63) is 82.9 Å². The molecule has 2 N–H and O–H groups in total. The summed E-state index contributed by atoms with van der Waals surface area (Å²) in [7, 11) is 0. The maximum Gasteiger partial charge on any atom is 0.315 e. The third-order valence-electron chi connectivity index (χ3n) is 9.73.